The van der Waals surface area contributed by atoms with Gasteiger partial charge >= 0.3 is 5.97 Å². The number of pyridine rings is 1. The summed E-state index contributed by atoms with van der Waals surface area (Å²) in [6.45, 7) is 2.11. The normalized spacial score (nSPS) is 11.1. The van der Waals surface area contributed by atoms with Crippen LogP contribution >= 0.6 is 11.8 Å². The monoisotopic (exact) mass is 380 g/mol. The smallest absolute Gasteiger partial charge is 0.306 e. The van der Waals surface area contributed by atoms with E-state index in [9.17, 15) is 13.2 Å². The number of aromatic nitrogens is 1. The highest BCUT2D eigenvalue weighted by atomic mass is 32.2. The lowest BCUT2D eigenvalue weighted by Crippen LogP contribution is -2.30. The van der Waals surface area contributed by atoms with E-state index >= 15 is 0 Å². The van der Waals surface area contributed by atoms with Crippen LogP contribution in [-0.4, -0.2) is 38.8 Å². The number of hydrogen-bond donors (Lipinski definition) is 0. The Morgan fingerprint density at radius 1 is 1.20 bits per heavy atom. The number of methoxy groups -OCH3 is 1. The molecule has 0 aliphatic carbocycles. The van der Waals surface area contributed by atoms with Crippen LogP contribution in [0.2, 0.25) is 0 Å². The van der Waals surface area contributed by atoms with E-state index < -0.39 is 10.0 Å². The second-order valence-corrected chi connectivity index (χ2v) is 7.99. The van der Waals surface area contributed by atoms with Gasteiger partial charge in [-0.05, 0) is 31.2 Å². The molecule has 1 heterocycles. The molecule has 0 atom stereocenters. The van der Waals surface area contributed by atoms with Crippen LogP contribution in [0.25, 0.3) is 0 Å². The Morgan fingerprint density at radius 2 is 1.92 bits per heavy atom. The molecule has 2 rings (SSSR count). The van der Waals surface area contributed by atoms with Gasteiger partial charge in [-0.1, -0.05) is 18.2 Å². The number of thioether (sulfide) groups is 1. The summed E-state index contributed by atoms with van der Waals surface area (Å²) < 4.78 is 31.6. The first-order chi connectivity index (χ1) is 12.0. The molecule has 0 fully saturated rings. The molecule has 0 amide bonds. The summed E-state index contributed by atoms with van der Waals surface area (Å²) in [5.74, 6) is 0.241. The zero-order valence-electron chi connectivity index (χ0n) is 14.1. The molecule has 0 saturated heterocycles. The van der Waals surface area contributed by atoms with Gasteiger partial charge in [-0.15, -0.1) is 11.8 Å². The Labute approximate surface area is 152 Å². The number of anilines is 1. The maximum Gasteiger partial charge on any atom is 0.306 e. The Kier molecular flexibility index (Phi) is 6.83. The van der Waals surface area contributed by atoms with E-state index in [-0.39, 0.29) is 17.3 Å². The number of para-hydroxylation sites is 1. The molecular formula is C17H20N2O4S2. The second-order valence-electron chi connectivity index (χ2n) is 5.01. The van der Waals surface area contributed by atoms with Crippen molar-refractivity contribution < 1.29 is 17.9 Å². The molecule has 1 aromatic carbocycles. The minimum Gasteiger partial charge on any atom is -0.469 e. The Balaban J connectivity index is 2.13. The minimum atomic E-state index is -3.67. The van der Waals surface area contributed by atoms with Crippen LogP contribution in [0.15, 0.2) is 58.6 Å². The molecule has 0 spiro atoms. The van der Waals surface area contributed by atoms with E-state index in [2.05, 4.69) is 9.72 Å². The fourth-order valence-corrected chi connectivity index (χ4v) is 4.35. The van der Waals surface area contributed by atoms with E-state index in [0.717, 1.165) is 0 Å². The predicted octanol–water partition coefficient (Wildman–Crippen LogP) is 2.95. The first-order valence-corrected chi connectivity index (χ1v) is 10.1. The molecule has 25 heavy (non-hydrogen) atoms. The maximum absolute atomic E-state index is 12.8. The molecule has 8 heteroatoms. The van der Waals surface area contributed by atoms with E-state index in [1.54, 1.807) is 37.3 Å². The average molecular weight is 380 g/mol. The van der Waals surface area contributed by atoms with E-state index in [4.69, 9.17) is 0 Å². The number of carbonyl (C=O) groups is 1. The molecule has 134 valence electrons. The van der Waals surface area contributed by atoms with Crippen molar-refractivity contribution in [1.29, 1.82) is 0 Å². The van der Waals surface area contributed by atoms with Crippen molar-refractivity contribution >= 4 is 33.4 Å². The van der Waals surface area contributed by atoms with Gasteiger partial charge in [-0.3, -0.25) is 9.10 Å². The van der Waals surface area contributed by atoms with Crippen molar-refractivity contribution in [2.45, 2.75) is 23.3 Å². The van der Waals surface area contributed by atoms with Gasteiger partial charge in [0.2, 0.25) is 0 Å². The molecule has 0 saturated carbocycles. The zero-order chi connectivity index (χ0) is 18.3. The number of esters is 1. The van der Waals surface area contributed by atoms with Gasteiger partial charge in [0.15, 0.2) is 0 Å². The summed E-state index contributed by atoms with van der Waals surface area (Å²) in [6, 6.07) is 12.1. The zero-order valence-corrected chi connectivity index (χ0v) is 15.7. The topological polar surface area (TPSA) is 76.6 Å². The Bertz CT molecular complexity index is 793. The second kappa shape index (κ2) is 8.87. The molecule has 6 nitrogen and oxygen atoms in total. The van der Waals surface area contributed by atoms with Crippen LogP contribution in [0.1, 0.15) is 13.3 Å². The molecule has 0 bridgehead atoms. The predicted molar refractivity (Wildman–Crippen MR) is 98.2 cm³/mol. The largest absolute Gasteiger partial charge is 0.469 e. The summed E-state index contributed by atoms with van der Waals surface area (Å²) in [5, 5.41) is 0.658. The summed E-state index contributed by atoms with van der Waals surface area (Å²) in [7, 11) is -2.33. The van der Waals surface area contributed by atoms with Crippen molar-refractivity contribution in [3.05, 3.63) is 48.7 Å². The third-order valence-electron chi connectivity index (χ3n) is 3.41. The quantitative estimate of drug-likeness (QED) is 0.518. The number of carbonyl (C=O) groups excluding carboxylic acids is 1. The lowest BCUT2D eigenvalue weighted by Gasteiger charge is -2.22. The molecule has 2 aromatic rings. The minimum absolute atomic E-state index is 0.135. The maximum atomic E-state index is 12.8. The number of nitrogens with zero attached hydrogens (tertiary/aromatic N) is 2. The Morgan fingerprint density at radius 3 is 2.48 bits per heavy atom. The fourth-order valence-electron chi connectivity index (χ4n) is 2.16. The average Bonchev–Trinajstić information content (AvgIpc) is 2.63. The van der Waals surface area contributed by atoms with E-state index in [1.165, 1.54) is 35.4 Å². The highest BCUT2D eigenvalue weighted by Gasteiger charge is 2.23. The standard InChI is InChI=1S/C17H20N2O4S2/c1-3-19(14-7-5-4-6-8-14)25(21,22)15-9-10-16(18-13-15)24-12-11-17(20)23-2/h4-10,13H,3,11-12H2,1-2H3. The first kappa shape index (κ1) is 19.3. The lowest BCUT2D eigenvalue weighted by atomic mass is 10.3. The molecule has 0 aliphatic rings. The van der Waals surface area contributed by atoms with Gasteiger partial charge in [-0.25, -0.2) is 13.4 Å². The lowest BCUT2D eigenvalue weighted by molar-refractivity contribution is -0.140. The van der Waals surface area contributed by atoms with Crippen LogP contribution in [0.4, 0.5) is 5.69 Å². The van der Waals surface area contributed by atoms with Gasteiger partial charge in [-0.2, -0.15) is 0 Å². The van der Waals surface area contributed by atoms with Crippen LogP contribution in [0, 0.1) is 0 Å². The van der Waals surface area contributed by atoms with E-state index in [1.807, 2.05) is 6.07 Å². The third kappa shape index (κ3) is 4.96. The molecule has 1 aromatic heterocycles. The van der Waals surface area contributed by atoms with Gasteiger partial charge in [0.1, 0.15) is 4.90 Å². The molecule has 0 N–H and O–H groups in total. The van der Waals surface area contributed by atoms with Crippen molar-refractivity contribution in [2.24, 2.45) is 0 Å². The molecule has 0 aliphatic heterocycles. The van der Waals surface area contributed by atoms with Crippen LogP contribution in [0.3, 0.4) is 0 Å². The highest BCUT2D eigenvalue weighted by molar-refractivity contribution is 7.99. The first-order valence-electron chi connectivity index (χ1n) is 7.72. The third-order valence-corrected chi connectivity index (χ3v) is 6.24. The molecule has 0 unspecified atom stereocenters. The van der Waals surface area contributed by atoms with Crippen molar-refractivity contribution in [3.63, 3.8) is 0 Å². The van der Waals surface area contributed by atoms with E-state index in [0.29, 0.717) is 23.0 Å². The number of benzene rings is 1. The fraction of sp³-hybridized carbons (Fsp3) is 0.294. The van der Waals surface area contributed by atoms with Crippen LogP contribution in [-0.2, 0) is 19.6 Å². The van der Waals surface area contributed by atoms with Crippen LogP contribution in [0.5, 0.6) is 0 Å². The summed E-state index contributed by atoms with van der Waals surface area (Å²) in [6.07, 6.45) is 1.63. The summed E-state index contributed by atoms with van der Waals surface area (Å²) in [5.41, 5.74) is 0.613. The van der Waals surface area contributed by atoms with Gasteiger partial charge in [0.25, 0.3) is 10.0 Å². The molecular weight excluding hydrogens is 360 g/mol. The highest BCUT2D eigenvalue weighted by Crippen LogP contribution is 2.24. The summed E-state index contributed by atoms with van der Waals surface area (Å²) >= 11 is 1.37. The van der Waals surface area contributed by atoms with Gasteiger partial charge in [0.05, 0.1) is 24.2 Å². The number of rotatable bonds is 8. The number of hydrogen-bond acceptors (Lipinski definition) is 6. The van der Waals surface area contributed by atoms with Gasteiger partial charge < -0.3 is 4.74 Å². The van der Waals surface area contributed by atoms with Crippen molar-refractivity contribution in [2.75, 3.05) is 23.7 Å². The Hall–Kier alpha value is -2.06. The summed E-state index contributed by atoms with van der Waals surface area (Å²) in [4.78, 5) is 15.4. The van der Waals surface area contributed by atoms with Crippen molar-refractivity contribution in [3.8, 4) is 0 Å². The van der Waals surface area contributed by atoms with Crippen molar-refractivity contribution in [1.82, 2.24) is 4.98 Å². The van der Waals surface area contributed by atoms with Crippen LogP contribution < -0.4 is 4.31 Å². The number of ether oxygens (including phenoxy) is 1. The SMILES string of the molecule is CCN(c1ccccc1)S(=O)(=O)c1ccc(SCCC(=O)OC)nc1. The number of sulfonamides is 1. The molecule has 0 radical (unpaired) electrons. The van der Waals surface area contributed by atoms with Gasteiger partial charge in [0, 0.05) is 18.5 Å².